The molecule has 0 aliphatic rings. The summed E-state index contributed by atoms with van der Waals surface area (Å²) in [5.74, 6) is 1.14. The van der Waals surface area contributed by atoms with Crippen molar-refractivity contribution in [1.29, 1.82) is 0 Å². The number of nitrogens with zero attached hydrogens (tertiary/aromatic N) is 3. The van der Waals surface area contributed by atoms with E-state index in [4.69, 9.17) is 16.1 Å². The van der Waals surface area contributed by atoms with Gasteiger partial charge in [-0.1, -0.05) is 49.7 Å². The Hall–Kier alpha value is -1.43. The molecule has 1 N–H and O–H groups in total. The number of aliphatic hydroxyl groups excluding tert-OH is 1. The molecular formula is C17H24ClN3O2. The maximum absolute atomic E-state index is 9.20. The number of benzene rings is 1. The van der Waals surface area contributed by atoms with Gasteiger partial charge in [-0.25, -0.2) is 0 Å². The van der Waals surface area contributed by atoms with E-state index in [0.717, 1.165) is 18.7 Å². The Kier molecular flexibility index (Phi) is 6.16. The van der Waals surface area contributed by atoms with Crippen LogP contribution in [0.5, 0.6) is 0 Å². The summed E-state index contributed by atoms with van der Waals surface area (Å²) >= 11 is 5.98. The summed E-state index contributed by atoms with van der Waals surface area (Å²) < 4.78 is 5.32. The van der Waals surface area contributed by atoms with Gasteiger partial charge in [-0.05, 0) is 17.5 Å². The first-order chi connectivity index (χ1) is 10.9. The number of aromatic nitrogens is 2. The second kappa shape index (κ2) is 7.90. The maximum atomic E-state index is 9.20. The highest BCUT2D eigenvalue weighted by Gasteiger charge is 2.17. The Bertz CT molecular complexity index is 622. The van der Waals surface area contributed by atoms with Crippen molar-refractivity contribution in [2.45, 2.75) is 27.2 Å². The van der Waals surface area contributed by atoms with E-state index in [-0.39, 0.29) is 12.0 Å². The minimum atomic E-state index is 0.147. The van der Waals surface area contributed by atoms with Crippen molar-refractivity contribution < 1.29 is 9.63 Å². The number of aliphatic hydroxyl groups is 1. The van der Waals surface area contributed by atoms with E-state index in [1.807, 2.05) is 24.3 Å². The van der Waals surface area contributed by atoms with Gasteiger partial charge in [-0.3, -0.25) is 0 Å². The average Bonchev–Trinajstić information content (AvgIpc) is 2.92. The van der Waals surface area contributed by atoms with Gasteiger partial charge in [-0.15, -0.1) is 0 Å². The van der Waals surface area contributed by atoms with Crippen LogP contribution in [0.2, 0.25) is 5.02 Å². The maximum Gasteiger partial charge on any atom is 0.228 e. The van der Waals surface area contributed by atoms with E-state index in [1.165, 1.54) is 0 Å². The van der Waals surface area contributed by atoms with Gasteiger partial charge in [0.25, 0.3) is 0 Å². The van der Waals surface area contributed by atoms with Gasteiger partial charge < -0.3 is 14.5 Å². The lowest BCUT2D eigenvalue weighted by Crippen LogP contribution is -2.36. The molecule has 1 aromatic carbocycles. The molecule has 0 atom stereocenters. The zero-order valence-corrected chi connectivity index (χ0v) is 14.7. The third-order valence-electron chi connectivity index (χ3n) is 3.31. The van der Waals surface area contributed by atoms with Crippen molar-refractivity contribution in [3.8, 4) is 11.4 Å². The highest BCUT2D eigenvalue weighted by molar-refractivity contribution is 6.30. The van der Waals surface area contributed by atoms with Gasteiger partial charge in [0.2, 0.25) is 11.7 Å². The molecule has 2 aromatic rings. The van der Waals surface area contributed by atoms with Crippen LogP contribution in [-0.2, 0) is 6.42 Å². The normalized spacial score (nSPS) is 12.1. The second-order valence-corrected chi connectivity index (χ2v) is 7.27. The van der Waals surface area contributed by atoms with Crippen LogP contribution in [0, 0.1) is 5.41 Å². The molecule has 0 spiro atoms. The molecule has 2 rings (SSSR count). The molecular weight excluding hydrogens is 314 g/mol. The Morgan fingerprint density at radius 2 is 2.04 bits per heavy atom. The van der Waals surface area contributed by atoms with Crippen molar-refractivity contribution in [1.82, 2.24) is 15.0 Å². The summed E-state index contributed by atoms with van der Waals surface area (Å²) in [5, 5.41) is 13.9. The SMILES string of the molecule is CC(C)(C)CN(CCO)CCc1nc(-c2cccc(Cl)c2)no1. The van der Waals surface area contributed by atoms with Crippen molar-refractivity contribution in [3.63, 3.8) is 0 Å². The zero-order chi connectivity index (χ0) is 16.9. The first kappa shape index (κ1) is 17.9. The lowest BCUT2D eigenvalue weighted by atomic mass is 9.96. The molecule has 0 unspecified atom stereocenters. The quantitative estimate of drug-likeness (QED) is 0.840. The van der Waals surface area contributed by atoms with E-state index >= 15 is 0 Å². The van der Waals surface area contributed by atoms with Crippen LogP contribution < -0.4 is 0 Å². The summed E-state index contributed by atoms with van der Waals surface area (Å²) in [5.41, 5.74) is 1.02. The summed E-state index contributed by atoms with van der Waals surface area (Å²) in [6, 6.07) is 7.39. The zero-order valence-electron chi connectivity index (χ0n) is 13.9. The largest absolute Gasteiger partial charge is 0.395 e. The molecule has 23 heavy (non-hydrogen) atoms. The number of hydrogen-bond donors (Lipinski definition) is 1. The molecule has 126 valence electrons. The van der Waals surface area contributed by atoms with Gasteiger partial charge in [0.1, 0.15) is 0 Å². The molecule has 6 heteroatoms. The first-order valence-corrected chi connectivity index (χ1v) is 8.17. The number of hydrogen-bond acceptors (Lipinski definition) is 5. The van der Waals surface area contributed by atoms with Crippen molar-refractivity contribution >= 4 is 11.6 Å². The molecule has 5 nitrogen and oxygen atoms in total. The predicted octanol–water partition coefficient (Wildman–Crippen LogP) is 3.27. The molecule has 0 aliphatic carbocycles. The highest BCUT2D eigenvalue weighted by atomic mass is 35.5. The lowest BCUT2D eigenvalue weighted by Gasteiger charge is -2.28. The topological polar surface area (TPSA) is 62.4 Å². The fraction of sp³-hybridized carbons (Fsp3) is 0.529. The van der Waals surface area contributed by atoms with Crippen LogP contribution in [-0.4, -0.2) is 46.4 Å². The highest BCUT2D eigenvalue weighted by Crippen LogP contribution is 2.20. The Morgan fingerprint density at radius 3 is 2.70 bits per heavy atom. The molecule has 0 amide bonds. The molecule has 0 aliphatic heterocycles. The fourth-order valence-electron chi connectivity index (χ4n) is 2.44. The molecule has 0 fully saturated rings. The standard InChI is InChI=1S/C17H24ClN3O2/c1-17(2,3)12-21(9-10-22)8-7-15-19-16(20-23-15)13-5-4-6-14(18)11-13/h4-6,11,22H,7-10,12H2,1-3H3. The third-order valence-corrected chi connectivity index (χ3v) is 3.54. The predicted molar refractivity (Wildman–Crippen MR) is 91.4 cm³/mol. The van der Waals surface area contributed by atoms with E-state index < -0.39 is 0 Å². The van der Waals surface area contributed by atoms with Gasteiger partial charge in [0.15, 0.2) is 0 Å². The molecule has 1 heterocycles. The monoisotopic (exact) mass is 337 g/mol. The van der Waals surface area contributed by atoms with E-state index in [2.05, 4.69) is 35.8 Å². The Labute approximate surface area is 142 Å². The molecule has 0 saturated heterocycles. The molecule has 0 saturated carbocycles. The van der Waals surface area contributed by atoms with Gasteiger partial charge >= 0.3 is 0 Å². The average molecular weight is 338 g/mol. The van der Waals surface area contributed by atoms with E-state index in [1.54, 1.807) is 0 Å². The number of halogens is 1. The van der Waals surface area contributed by atoms with E-state index in [9.17, 15) is 5.11 Å². The van der Waals surface area contributed by atoms with Crippen LogP contribution in [0.1, 0.15) is 26.7 Å². The fourth-order valence-corrected chi connectivity index (χ4v) is 2.63. The first-order valence-electron chi connectivity index (χ1n) is 7.79. The minimum Gasteiger partial charge on any atom is -0.395 e. The Morgan fingerprint density at radius 1 is 1.26 bits per heavy atom. The van der Waals surface area contributed by atoms with Crippen molar-refractivity contribution in [2.75, 3.05) is 26.2 Å². The van der Waals surface area contributed by atoms with Crippen LogP contribution in [0.3, 0.4) is 0 Å². The number of rotatable bonds is 7. The lowest BCUT2D eigenvalue weighted by molar-refractivity contribution is 0.150. The van der Waals surface area contributed by atoms with Crippen LogP contribution in [0.4, 0.5) is 0 Å². The molecule has 0 bridgehead atoms. The van der Waals surface area contributed by atoms with Crippen molar-refractivity contribution in [2.24, 2.45) is 5.41 Å². The smallest absolute Gasteiger partial charge is 0.228 e. The van der Waals surface area contributed by atoms with Crippen LogP contribution in [0.15, 0.2) is 28.8 Å². The van der Waals surface area contributed by atoms with Gasteiger partial charge in [0, 0.05) is 36.6 Å². The summed E-state index contributed by atoms with van der Waals surface area (Å²) in [6.45, 7) is 9.02. The van der Waals surface area contributed by atoms with Crippen molar-refractivity contribution in [3.05, 3.63) is 35.2 Å². The summed E-state index contributed by atoms with van der Waals surface area (Å²) in [6.07, 6.45) is 0.656. The summed E-state index contributed by atoms with van der Waals surface area (Å²) in [7, 11) is 0. The van der Waals surface area contributed by atoms with Crippen LogP contribution in [0.25, 0.3) is 11.4 Å². The van der Waals surface area contributed by atoms with Gasteiger partial charge in [-0.2, -0.15) is 4.98 Å². The third kappa shape index (κ3) is 5.94. The minimum absolute atomic E-state index is 0.147. The van der Waals surface area contributed by atoms with Crippen LogP contribution >= 0.6 is 11.6 Å². The van der Waals surface area contributed by atoms with E-state index in [0.29, 0.717) is 29.7 Å². The second-order valence-electron chi connectivity index (χ2n) is 6.83. The summed E-state index contributed by atoms with van der Waals surface area (Å²) in [4.78, 5) is 6.64. The Balaban J connectivity index is 1.98. The van der Waals surface area contributed by atoms with Gasteiger partial charge in [0.05, 0.1) is 6.61 Å². The molecule has 0 radical (unpaired) electrons. The molecule has 1 aromatic heterocycles.